The average molecular weight is 441 g/mol. The minimum atomic E-state index is -7.19. The smallest absolute Gasteiger partial charge is 0.337 e. The number of hydrogen-bond acceptors (Lipinski definition) is 2. The Hall–Kier alpha value is -1.34. The van der Waals surface area contributed by atoms with Crippen molar-refractivity contribution in [3.8, 4) is 0 Å². The Balaban J connectivity index is 6.08. The van der Waals surface area contributed by atoms with Gasteiger partial charge in [-0.25, -0.2) is 0 Å². The molecule has 0 saturated heterocycles. The molecule has 168 valence electrons. The maximum absolute atomic E-state index is 14.3. The van der Waals surface area contributed by atoms with Crippen LogP contribution in [0.5, 0.6) is 0 Å². The van der Waals surface area contributed by atoms with E-state index in [0.717, 1.165) is 0 Å². The van der Waals surface area contributed by atoms with Gasteiger partial charge in [0.2, 0.25) is 0 Å². The van der Waals surface area contributed by atoms with Crippen LogP contribution in [0.25, 0.3) is 0 Å². The second-order valence-electron chi connectivity index (χ2n) is 5.78. The standard InChI is InChI=1S/C14H18F11NO2/c1-3-5-7-26(8-6-4-2)9(27)10(15,12(18,19)20)28-14(24,25)11(16,17)13(21,22)23/h3-8H2,1-2H3/t10-/m1/s1. The second kappa shape index (κ2) is 8.99. The van der Waals surface area contributed by atoms with E-state index in [2.05, 4.69) is 4.74 Å². The normalized spacial score (nSPS) is 16.0. The van der Waals surface area contributed by atoms with Crippen LogP contribution in [0.3, 0.4) is 0 Å². The molecule has 0 bridgehead atoms. The minimum absolute atomic E-state index is 0.0154. The average Bonchev–Trinajstić information content (AvgIpc) is 2.51. The lowest BCUT2D eigenvalue weighted by molar-refractivity contribution is -0.473. The molecule has 0 aliphatic rings. The quantitative estimate of drug-likeness (QED) is 0.422. The third kappa shape index (κ3) is 5.60. The summed E-state index contributed by atoms with van der Waals surface area (Å²) < 4.78 is 144. The van der Waals surface area contributed by atoms with Gasteiger partial charge in [-0.15, -0.1) is 0 Å². The highest BCUT2D eigenvalue weighted by Gasteiger charge is 2.79. The molecule has 0 aromatic carbocycles. The molecule has 0 N–H and O–H groups in total. The highest BCUT2D eigenvalue weighted by molar-refractivity contribution is 5.84. The molecule has 0 aliphatic heterocycles. The fraction of sp³-hybridized carbons (Fsp3) is 0.929. The zero-order chi connectivity index (χ0) is 22.6. The van der Waals surface area contributed by atoms with Gasteiger partial charge in [0.15, 0.2) is 0 Å². The van der Waals surface area contributed by atoms with Gasteiger partial charge in [0.05, 0.1) is 0 Å². The van der Waals surface area contributed by atoms with Crippen LogP contribution in [0, 0.1) is 0 Å². The Morgan fingerprint density at radius 1 is 0.750 bits per heavy atom. The van der Waals surface area contributed by atoms with E-state index in [4.69, 9.17) is 0 Å². The van der Waals surface area contributed by atoms with E-state index < -0.39 is 49.2 Å². The number of alkyl halides is 11. The summed E-state index contributed by atoms with van der Waals surface area (Å²) in [6, 6.07) is 0. The van der Waals surface area contributed by atoms with Gasteiger partial charge in [0.25, 0.3) is 5.91 Å². The predicted molar refractivity (Wildman–Crippen MR) is 73.3 cm³/mol. The van der Waals surface area contributed by atoms with Crippen LogP contribution in [0.1, 0.15) is 39.5 Å². The molecule has 0 fully saturated rings. The molecule has 3 nitrogen and oxygen atoms in total. The van der Waals surface area contributed by atoms with E-state index in [0.29, 0.717) is 0 Å². The van der Waals surface area contributed by atoms with Crippen LogP contribution < -0.4 is 0 Å². The van der Waals surface area contributed by atoms with Crippen molar-refractivity contribution in [2.24, 2.45) is 0 Å². The van der Waals surface area contributed by atoms with Gasteiger partial charge in [-0.1, -0.05) is 26.7 Å². The van der Waals surface area contributed by atoms with Crippen LogP contribution in [-0.4, -0.2) is 54.1 Å². The van der Waals surface area contributed by atoms with Gasteiger partial charge in [0.1, 0.15) is 0 Å². The lowest BCUT2D eigenvalue weighted by atomic mass is 10.2. The van der Waals surface area contributed by atoms with E-state index >= 15 is 0 Å². The molecule has 0 radical (unpaired) electrons. The zero-order valence-electron chi connectivity index (χ0n) is 14.7. The number of hydrogen-bond donors (Lipinski definition) is 0. The first-order chi connectivity index (χ1) is 12.4. The summed E-state index contributed by atoms with van der Waals surface area (Å²) in [6.07, 6.45) is -20.2. The summed E-state index contributed by atoms with van der Waals surface area (Å²) in [6.45, 7) is 1.87. The van der Waals surface area contributed by atoms with E-state index in [1.807, 2.05) is 0 Å². The van der Waals surface area contributed by atoms with E-state index in [-0.39, 0.29) is 30.6 Å². The highest BCUT2D eigenvalue weighted by atomic mass is 19.4. The highest BCUT2D eigenvalue weighted by Crippen LogP contribution is 2.51. The van der Waals surface area contributed by atoms with E-state index in [1.165, 1.54) is 13.8 Å². The maximum atomic E-state index is 14.3. The van der Waals surface area contributed by atoms with Crippen molar-refractivity contribution in [1.29, 1.82) is 0 Å². The molecule has 0 saturated carbocycles. The Labute approximate surface area is 152 Å². The lowest BCUT2D eigenvalue weighted by Crippen LogP contribution is -2.64. The summed E-state index contributed by atoms with van der Waals surface area (Å²) in [7, 11) is 0. The molecule has 1 atom stereocenters. The minimum Gasteiger partial charge on any atom is -0.337 e. The molecule has 28 heavy (non-hydrogen) atoms. The number of carbonyl (C=O) groups excluding carboxylic acids is 1. The van der Waals surface area contributed by atoms with E-state index in [1.54, 1.807) is 0 Å². The van der Waals surface area contributed by atoms with Crippen LogP contribution in [0.15, 0.2) is 0 Å². The topological polar surface area (TPSA) is 29.5 Å². The van der Waals surface area contributed by atoms with Crippen LogP contribution >= 0.6 is 0 Å². The number of ether oxygens (including phenoxy) is 1. The van der Waals surface area contributed by atoms with Gasteiger partial charge < -0.3 is 4.90 Å². The largest absolute Gasteiger partial charge is 0.462 e. The van der Waals surface area contributed by atoms with Crippen molar-refractivity contribution in [2.45, 2.75) is 69.8 Å². The molecule has 0 rings (SSSR count). The monoisotopic (exact) mass is 441 g/mol. The van der Waals surface area contributed by atoms with Crippen molar-refractivity contribution >= 4 is 5.91 Å². The summed E-state index contributed by atoms with van der Waals surface area (Å²) in [5.41, 5.74) is 0. The van der Waals surface area contributed by atoms with Crippen LogP contribution in [-0.2, 0) is 9.53 Å². The lowest BCUT2D eigenvalue weighted by Gasteiger charge is -2.36. The van der Waals surface area contributed by atoms with E-state index in [9.17, 15) is 53.1 Å². The van der Waals surface area contributed by atoms with Gasteiger partial charge in [0, 0.05) is 13.1 Å². The molecule has 0 aromatic heterocycles. The van der Waals surface area contributed by atoms with Crippen molar-refractivity contribution < 1.29 is 57.8 Å². The number of unbranched alkanes of at least 4 members (excludes halogenated alkanes) is 2. The summed E-state index contributed by atoms with van der Waals surface area (Å²) in [5.74, 6) is -16.1. The summed E-state index contributed by atoms with van der Waals surface area (Å²) in [4.78, 5) is 12.0. The predicted octanol–water partition coefficient (Wildman–Crippen LogP) is 5.45. The number of nitrogens with zero attached hydrogens (tertiary/aromatic N) is 1. The first-order valence-electron chi connectivity index (χ1n) is 7.96. The van der Waals surface area contributed by atoms with Crippen molar-refractivity contribution in [3.05, 3.63) is 0 Å². The fourth-order valence-electron chi connectivity index (χ4n) is 1.84. The van der Waals surface area contributed by atoms with Crippen molar-refractivity contribution in [3.63, 3.8) is 0 Å². The fourth-order valence-corrected chi connectivity index (χ4v) is 1.84. The molecular weight excluding hydrogens is 423 g/mol. The van der Waals surface area contributed by atoms with Gasteiger partial charge >= 0.3 is 30.2 Å². The molecular formula is C14H18F11NO2. The molecule has 14 heteroatoms. The van der Waals surface area contributed by atoms with Crippen molar-refractivity contribution in [1.82, 2.24) is 4.90 Å². The third-order valence-corrected chi connectivity index (χ3v) is 3.48. The van der Waals surface area contributed by atoms with Crippen LogP contribution in [0.2, 0.25) is 0 Å². The number of halogens is 11. The Kier molecular flexibility index (Phi) is 8.56. The maximum Gasteiger partial charge on any atom is 0.462 e. The Bertz CT molecular complexity index is 510. The molecule has 0 unspecified atom stereocenters. The second-order valence-corrected chi connectivity index (χ2v) is 5.78. The van der Waals surface area contributed by atoms with Gasteiger partial charge in [-0.3, -0.25) is 9.53 Å². The summed E-state index contributed by atoms with van der Waals surface area (Å²) in [5, 5.41) is 0. The zero-order valence-corrected chi connectivity index (χ0v) is 14.7. The SMILES string of the molecule is CCCCN(CCCC)C(=O)[C@@](F)(OC(F)(F)C(F)(F)C(F)(F)F)C(F)(F)F. The molecule has 0 aliphatic carbocycles. The molecule has 0 spiro atoms. The third-order valence-electron chi connectivity index (χ3n) is 3.48. The van der Waals surface area contributed by atoms with Gasteiger partial charge in [-0.05, 0) is 12.8 Å². The molecule has 1 amide bonds. The Morgan fingerprint density at radius 2 is 1.14 bits per heavy atom. The number of rotatable bonds is 10. The molecule has 0 aromatic rings. The number of amides is 1. The van der Waals surface area contributed by atoms with Crippen molar-refractivity contribution in [2.75, 3.05) is 13.1 Å². The Morgan fingerprint density at radius 3 is 1.43 bits per heavy atom. The van der Waals surface area contributed by atoms with Crippen LogP contribution in [0.4, 0.5) is 48.3 Å². The summed E-state index contributed by atoms with van der Waals surface area (Å²) >= 11 is 0. The molecule has 0 heterocycles. The first kappa shape index (κ1) is 26.7. The number of carbonyl (C=O) groups is 1. The first-order valence-corrected chi connectivity index (χ1v) is 7.96. The van der Waals surface area contributed by atoms with Gasteiger partial charge in [-0.2, -0.15) is 48.3 Å².